The zero-order chi connectivity index (χ0) is 22.0. The van der Waals surface area contributed by atoms with Crippen molar-refractivity contribution in [3.8, 4) is 11.5 Å². The number of aromatic nitrogens is 1. The van der Waals surface area contributed by atoms with E-state index in [0.29, 0.717) is 27.9 Å². The summed E-state index contributed by atoms with van der Waals surface area (Å²) in [7, 11) is 3.10. The molecule has 158 valence electrons. The summed E-state index contributed by atoms with van der Waals surface area (Å²) in [6, 6.07) is 12.4. The van der Waals surface area contributed by atoms with E-state index in [1.54, 1.807) is 38.5 Å². The molecule has 0 saturated heterocycles. The molecule has 0 aliphatic rings. The largest absolute Gasteiger partial charge is 0.495 e. The molecule has 1 amide bonds. The van der Waals surface area contributed by atoms with Crippen LogP contribution in [0.1, 0.15) is 16.1 Å². The van der Waals surface area contributed by atoms with Gasteiger partial charge in [-0.1, -0.05) is 11.3 Å². The first kappa shape index (κ1) is 20.4. The number of hydrogen-bond acceptors (Lipinski definition) is 8. The fourth-order valence-electron chi connectivity index (χ4n) is 3.06. The van der Waals surface area contributed by atoms with Crippen LogP contribution in [-0.2, 0) is 6.54 Å². The van der Waals surface area contributed by atoms with Crippen molar-refractivity contribution in [2.24, 2.45) is 0 Å². The smallest absolute Gasteiger partial charge is 0.269 e. The lowest BCUT2D eigenvalue weighted by Crippen LogP contribution is -2.30. The molecule has 0 radical (unpaired) electrons. The lowest BCUT2D eigenvalue weighted by molar-refractivity contribution is -0.384. The first-order valence-corrected chi connectivity index (χ1v) is 9.93. The van der Waals surface area contributed by atoms with Crippen LogP contribution in [0.2, 0.25) is 0 Å². The van der Waals surface area contributed by atoms with Gasteiger partial charge >= 0.3 is 0 Å². The molecule has 9 nitrogen and oxygen atoms in total. The number of nitro benzene ring substituents is 1. The van der Waals surface area contributed by atoms with E-state index in [9.17, 15) is 14.9 Å². The van der Waals surface area contributed by atoms with Gasteiger partial charge in [-0.05, 0) is 36.4 Å². The van der Waals surface area contributed by atoms with Gasteiger partial charge in [-0.15, -0.1) is 0 Å². The second-order valence-electron chi connectivity index (χ2n) is 6.42. The molecular weight excluding hydrogens is 422 g/mol. The number of non-ortho nitro benzene ring substituents is 1. The SMILES string of the molecule is COc1ccc(OC)c2sc(N(Cc3ccco3)C(=O)c3ccc([N+](=O)[O-])cc3)nc12. The number of benzene rings is 2. The molecule has 0 unspecified atom stereocenters. The van der Waals surface area contributed by atoms with E-state index in [0.717, 1.165) is 4.70 Å². The Bertz CT molecular complexity index is 1190. The molecule has 0 aliphatic heterocycles. The zero-order valence-corrected chi connectivity index (χ0v) is 17.4. The average Bonchev–Trinajstić information content (AvgIpc) is 3.46. The van der Waals surface area contributed by atoms with E-state index in [-0.39, 0.29) is 23.7 Å². The minimum atomic E-state index is -0.513. The van der Waals surface area contributed by atoms with Crippen molar-refractivity contribution < 1.29 is 23.6 Å². The number of nitro groups is 1. The first-order valence-electron chi connectivity index (χ1n) is 9.12. The van der Waals surface area contributed by atoms with Crippen LogP contribution in [0.25, 0.3) is 10.2 Å². The van der Waals surface area contributed by atoms with E-state index in [2.05, 4.69) is 4.98 Å². The van der Waals surface area contributed by atoms with Crippen molar-refractivity contribution in [3.05, 3.63) is 76.2 Å². The maximum Gasteiger partial charge on any atom is 0.269 e. The number of anilines is 1. The summed E-state index contributed by atoms with van der Waals surface area (Å²) in [6.07, 6.45) is 1.52. The van der Waals surface area contributed by atoms with Crippen LogP contribution in [0.5, 0.6) is 11.5 Å². The number of hydrogen-bond donors (Lipinski definition) is 0. The van der Waals surface area contributed by atoms with E-state index < -0.39 is 4.92 Å². The molecule has 2 heterocycles. The van der Waals surface area contributed by atoms with Gasteiger partial charge in [0.1, 0.15) is 27.5 Å². The molecule has 4 aromatic rings. The maximum atomic E-state index is 13.4. The summed E-state index contributed by atoms with van der Waals surface area (Å²) in [5.41, 5.74) is 0.765. The van der Waals surface area contributed by atoms with E-state index in [1.807, 2.05) is 0 Å². The van der Waals surface area contributed by atoms with Gasteiger partial charge in [-0.25, -0.2) is 4.98 Å². The van der Waals surface area contributed by atoms with Gasteiger partial charge in [0.25, 0.3) is 11.6 Å². The Balaban J connectivity index is 1.79. The second-order valence-corrected chi connectivity index (χ2v) is 7.40. The first-order chi connectivity index (χ1) is 15.0. The molecule has 4 rings (SSSR count). The summed E-state index contributed by atoms with van der Waals surface area (Å²) < 4.78 is 17.0. The lowest BCUT2D eigenvalue weighted by Gasteiger charge is -2.18. The number of methoxy groups -OCH3 is 2. The third-order valence-corrected chi connectivity index (χ3v) is 5.69. The molecule has 0 aliphatic carbocycles. The molecular formula is C21H17N3O6S. The Hall–Kier alpha value is -3.92. The van der Waals surface area contributed by atoms with Crippen LogP contribution in [0, 0.1) is 10.1 Å². The van der Waals surface area contributed by atoms with Crippen LogP contribution in [0.4, 0.5) is 10.8 Å². The number of amides is 1. The topological polar surface area (TPSA) is 108 Å². The van der Waals surface area contributed by atoms with Gasteiger partial charge < -0.3 is 13.9 Å². The van der Waals surface area contributed by atoms with Crippen molar-refractivity contribution >= 4 is 38.3 Å². The molecule has 0 N–H and O–H groups in total. The molecule has 2 aromatic carbocycles. The van der Waals surface area contributed by atoms with Gasteiger partial charge in [0, 0.05) is 17.7 Å². The molecule has 0 fully saturated rings. The van der Waals surface area contributed by atoms with Crippen molar-refractivity contribution in [1.82, 2.24) is 4.98 Å². The van der Waals surface area contributed by atoms with Gasteiger partial charge in [-0.2, -0.15) is 0 Å². The summed E-state index contributed by atoms with van der Waals surface area (Å²) >= 11 is 1.28. The summed E-state index contributed by atoms with van der Waals surface area (Å²) in [6.45, 7) is 0.132. The molecule has 10 heteroatoms. The van der Waals surface area contributed by atoms with Gasteiger partial charge in [-0.3, -0.25) is 19.8 Å². The van der Waals surface area contributed by atoms with Crippen molar-refractivity contribution in [3.63, 3.8) is 0 Å². The van der Waals surface area contributed by atoms with Gasteiger partial charge in [0.05, 0.1) is 32.0 Å². The van der Waals surface area contributed by atoms with Crippen LogP contribution in [0.3, 0.4) is 0 Å². The predicted octanol–water partition coefficient (Wildman–Crippen LogP) is 4.66. The molecule has 0 atom stereocenters. The monoisotopic (exact) mass is 439 g/mol. The Morgan fingerprint density at radius 2 is 1.84 bits per heavy atom. The highest BCUT2D eigenvalue weighted by Gasteiger charge is 2.25. The number of rotatable bonds is 7. The van der Waals surface area contributed by atoms with Crippen LogP contribution in [0.15, 0.2) is 59.2 Å². The van der Waals surface area contributed by atoms with E-state index >= 15 is 0 Å². The van der Waals surface area contributed by atoms with E-state index in [1.165, 1.54) is 46.8 Å². The van der Waals surface area contributed by atoms with Crippen molar-refractivity contribution in [2.75, 3.05) is 19.1 Å². The fourth-order valence-corrected chi connectivity index (χ4v) is 4.13. The quantitative estimate of drug-likeness (QED) is 0.304. The normalized spacial score (nSPS) is 10.8. The highest BCUT2D eigenvalue weighted by molar-refractivity contribution is 7.22. The number of furan rings is 1. The molecule has 0 saturated carbocycles. The number of thiazole rings is 1. The van der Waals surface area contributed by atoms with E-state index in [4.69, 9.17) is 13.9 Å². The van der Waals surface area contributed by atoms with Crippen molar-refractivity contribution in [1.29, 1.82) is 0 Å². The Labute approximate surface area is 180 Å². The summed E-state index contributed by atoms with van der Waals surface area (Å²) in [4.78, 5) is 29.9. The number of nitrogens with zero attached hydrogens (tertiary/aromatic N) is 3. The third kappa shape index (κ3) is 3.92. The summed E-state index contributed by atoms with van der Waals surface area (Å²) in [5, 5.41) is 11.3. The number of fused-ring (bicyclic) bond motifs is 1. The Kier molecular flexibility index (Phi) is 5.54. The van der Waals surface area contributed by atoms with Crippen LogP contribution >= 0.6 is 11.3 Å². The average molecular weight is 439 g/mol. The standard InChI is InChI=1S/C21H17N3O6S/c1-28-16-9-10-17(29-2)19-18(16)22-21(31-19)23(12-15-4-3-11-30-15)20(25)13-5-7-14(8-6-13)24(26)27/h3-11H,12H2,1-2H3. The fraction of sp³-hybridized carbons (Fsp3) is 0.143. The Morgan fingerprint density at radius 3 is 2.45 bits per heavy atom. The van der Waals surface area contributed by atoms with Crippen LogP contribution < -0.4 is 14.4 Å². The van der Waals surface area contributed by atoms with Gasteiger partial charge in [0.2, 0.25) is 0 Å². The zero-order valence-electron chi connectivity index (χ0n) is 16.6. The Morgan fingerprint density at radius 1 is 1.13 bits per heavy atom. The minimum absolute atomic E-state index is 0.0939. The highest BCUT2D eigenvalue weighted by Crippen LogP contribution is 2.40. The highest BCUT2D eigenvalue weighted by atomic mass is 32.1. The predicted molar refractivity (Wildman–Crippen MR) is 115 cm³/mol. The minimum Gasteiger partial charge on any atom is -0.495 e. The number of ether oxygens (including phenoxy) is 2. The number of carbonyl (C=O) groups is 1. The molecule has 31 heavy (non-hydrogen) atoms. The van der Waals surface area contributed by atoms with Crippen molar-refractivity contribution in [2.45, 2.75) is 6.54 Å². The summed E-state index contributed by atoms with van der Waals surface area (Å²) in [5.74, 6) is 1.36. The third-order valence-electron chi connectivity index (χ3n) is 4.59. The lowest BCUT2D eigenvalue weighted by atomic mass is 10.2. The van der Waals surface area contributed by atoms with Crippen LogP contribution in [-0.4, -0.2) is 30.0 Å². The van der Waals surface area contributed by atoms with Gasteiger partial charge in [0.15, 0.2) is 5.13 Å². The second kappa shape index (κ2) is 8.44. The number of carbonyl (C=O) groups excluding carboxylic acids is 1. The maximum absolute atomic E-state index is 13.4. The molecule has 0 bridgehead atoms. The molecule has 2 aromatic heterocycles. The molecule has 0 spiro atoms.